The van der Waals surface area contributed by atoms with Gasteiger partial charge in [-0.25, -0.2) is 9.67 Å². The number of hydrogen-bond donors (Lipinski definition) is 0. The fourth-order valence-corrected chi connectivity index (χ4v) is 2.24. The minimum Gasteiger partial charge on any atom is -0.341 e. The van der Waals surface area contributed by atoms with Gasteiger partial charge in [0.15, 0.2) is 0 Å². The molecule has 18 heavy (non-hydrogen) atoms. The summed E-state index contributed by atoms with van der Waals surface area (Å²) in [4.78, 5) is 17.4. The summed E-state index contributed by atoms with van der Waals surface area (Å²) in [6.07, 6.45) is 3.19. The molecule has 6 nitrogen and oxygen atoms in total. The fraction of sp³-hybridized carbons (Fsp3) is 0.636. The van der Waals surface area contributed by atoms with E-state index in [0.29, 0.717) is 13.1 Å². The Kier molecular flexibility index (Phi) is 3.82. The molecule has 2 rings (SSSR count). The molecule has 0 aliphatic carbocycles. The van der Waals surface area contributed by atoms with Gasteiger partial charge in [0.2, 0.25) is 5.91 Å². The van der Waals surface area contributed by atoms with E-state index in [2.05, 4.69) is 10.1 Å². The Balaban J connectivity index is 1.94. The lowest BCUT2D eigenvalue weighted by molar-refractivity contribution is -0.131. The van der Waals surface area contributed by atoms with Gasteiger partial charge in [-0.1, -0.05) is 0 Å². The van der Waals surface area contributed by atoms with E-state index in [-0.39, 0.29) is 17.8 Å². The molecular weight excluding hydrogens is 254 g/mol. The van der Waals surface area contributed by atoms with Crippen LogP contribution in [0.4, 0.5) is 0 Å². The molecule has 0 radical (unpaired) electrons. The summed E-state index contributed by atoms with van der Waals surface area (Å²) < 4.78 is 1.71. The maximum absolute atomic E-state index is 11.7. The summed E-state index contributed by atoms with van der Waals surface area (Å²) in [5.74, 6) is 0.161. The monoisotopic (exact) mass is 267 g/mol. The standard InChI is InChI=1S/C11H14ClN5O/c1-8(12)11(18)16-4-2-9(3-5-16)17-7-14-10(6-13)15-17/h7-9H,2-5H2,1H3. The minimum atomic E-state index is -0.474. The van der Waals surface area contributed by atoms with Crippen LogP contribution in [0, 0.1) is 11.3 Å². The van der Waals surface area contributed by atoms with Gasteiger partial charge in [-0.2, -0.15) is 5.26 Å². The van der Waals surface area contributed by atoms with Crippen LogP contribution in [0.1, 0.15) is 31.6 Å². The molecule has 0 aromatic carbocycles. The highest BCUT2D eigenvalue weighted by Gasteiger charge is 2.26. The van der Waals surface area contributed by atoms with Crippen LogP contribution in [0.5, 0.6) is 0 Å². The highest BCUT2D eigenvalue weighted by molar-refractivity contribution is 6.30. The van der Waals surface area contributed by atoms with E-state index >= 15 is 0 Å². The van der Waals surface area contributed by atoms with Crippen LogP contribution in [0.15, 0.2) is 6.33 Å². The molecule has 1 aliphatic heterocycles. The van der Waals surface area contributed by atoms with Crippen LogP contribution in [-0.2, 0) is 4.79 Å². The van der Waals surface area contributed by atoms with Gasteiger partial charge in [0, 0.05) is 13.1 Å². The van der Waals surface area contributed by atoms with Crippen molar-refractivity contribution in [1.82, 2.24) is 19.7 Å². The van der Waals surface area contributed by atoms with Gasteiger partial charge in [-0.3, -0.25) is 4.79 Å². The molecule has 2 heterocycles. The molecule has 7 heteroatoms. The quantitative estimate of drug-likeness (QED) is 0.748. The number of nitrogens with zero attached hydrogens (tertiary/aromatic N) is 5. The number of piperidine rings is 1. The summed E-state index contributed by atoms with van der Waals surface area (Å²) in [6, 6.07) is 2.11. The normalized spacial score (nSPS) is 18.4. The second-order valence-corrected chi connectivity index (χ2v) is 4.99. The number of alkyl halides is 1. The van der Waals surface area contributed by atoms with Crippen LogP contribution < -0.4 is 0 Å². The van der Waals surface area contributed by atoms with Crippen molar-refractivity contribution in [3.8, 4) is 6.07 Å². The average Bonchev–Trinajstić information content (AvgIpc) is 2.86. The lowest BCUT2D eigenvalue weighted by atomic mass is 10.1. The van der Waals surface area contributed by atoms with E-state index in [4.69, 9.17) is 16.9 Å². The first-order valence-electron chi connectivity index (χ1n) is 5.86. The van der Waals surface area contributed by atoms with Crippen molar-refractivity contribution >= 4 is 17.5 Å². The number of amides is 1. The maximum Gasteiger partial charge on any atom is 0.252 e. The molecule has 0 saturated carbocycles. The van der Waals surface area contributed by atoms with E-state index in [1.165, 1.54) is 0 Å². The van der Waals surface area contributed by atoms with Gasteiger partial charge in [0.1, 0.15) is 17.8 Å². The predicted molar refractivity (Wildman–Crippen MR) is 64.9 cm³/mol. The summed E-state index contributed by atoms with van der Waals surface area (Å²) in [5, 5.41) is 12.3. The largest absolute Gasteiger partial charge is 0.341 e. The molecule has 0 spiro atoms. The third kappa shape index (κ3) is 2.62. The zero-order chi connectivity index (χ0) is 13.1. The molecule has 1 unspecified atom stereocenters. The Hall–Kier alpha value is -1.61. The smallest absolute Gasteiger partial charge is 0.252 e. The van der Waals surface area contributed by atoms with Crippen molar-refractivity contribution in [2.24, 2.45) is 0 Å². The average molecular weight is 268 g/mol. The summed E-state index contributed by atoms with van der Waals surface area (Å²) in [6.45, 7) is 3.03. The third-order valence-corrected chi connectivity index (χ3v) is 3.29. The second-order valence-electron chi connectivity index (χ2n) is 4.33. The van der Waals surface area contributed by atoms with Crippen LogP contribution in [-0.4, -0.2) is 44.0 Å². The van der Waals surface area contributed by atoms with Crippen LogP contribution >= 0.6 is 11.6 Å². The van der Waals surface area contributed by atoms with E-state index < -0.39 is 5.38 Å². The molecule has 96 valence electrons. The Bertz CT molecular complexity index is 470. The maximum atomic E-state index is 11.7. The Morgan fingerprint density at radius 2 is 2.28 bits per heavy atom. The van der Waals surface area contributed by atoms with Crippen molar-refractivity contribution in [2.45, 2.75) is 31.2 Å². The van der Waals surface area contributed by atoms with Crippen molar-refractivity contribution in [2.75, 3.05) is 13.1 Å². The van der Waals surface area contributed by atoms with Crippen LogP contribution in [0.2, 0.25) is 0 Å². The minimum absolute atomic E-state index is 0.0218. The summed E-state index contributed by atoms with van der Waals surface area (Å²) >= 11 is 5.78. The second kappa shape index (κ2) is 5.36. The third-order valence-electron chi connectivity index (χ3n) is 3.10. The van der Waals surface area contributed by atoms with E-state index in [1.54, 1.807) is 22.8 Å². The van der Waals surface area contributed by atoms with Crippen molar-refractivity contribution in [3.63, 3.8) is 0 Å². The van der Waals surface area contributed by atoms with E-state index in [0.717, 1.165) is 12.8 Å². The zero-order valence-corrected chi connectivity index (χ0v) is 10.8. The molecule has 1 amide bonds. The van der Waals surface area contributed by atoms with Gasteiger partial charge < -0.3 is 4.90 Å². The van der Waals surface area contributed by atoms with E-state index in [1.807, 2.05) is 6.07 Å². The van der Waals surface area contributed by atoms with Gasteiger partial charge in [0.25, 0.3) is 5.82 Å². The molecule has 1 atom stereocenters. The SMILES string of the molecule is CC(Cl)C(=O)N1CCC(n2cnc(C#N)n2)CC1. The van der Waals surface area contributed by atoms with Crippen molar-refractivity contribution in [3.05, 3.63) is 12.2 Å². The number of halogens is 1. The molecular formula is C11H14ClN5O. The number of rotatable bonds is 2. The highest BCUT2D eigenvalue weighted by atomic mass is 35.5. The van der Waals surface area contributed by atoms with Gasteiger partial charge in [0.05, 0.1) is 6.04 Å². The number of nitriles is 1. The van der Waals surface area contributed by atoms with Gasteiger partial charge in [-0.15, -0.1) is 16.7 Å². The molecule has 1 aromatic rings. The Morgan fingerprint density at radius 1 is 1.61 bits per heavy atom. The first kappa shape index (κ1) is 12.8. The number of likely N-dealkylation sites (tertiary alicyclic amines) is 1. The highest BCUT2D eigenvalue weighted by Crippen LogP contribution is 2.22. The topological polar surface area (TPSA) is 74.8 Å². The number of aromatic nitrogens is 3. The molecule has 1 saturated heterocycles. The lowest BCUT2D eigenvalue weighted by Gasteiger charge is -2.32. The van der Waals surface area contributed by atoms with Crippen LogP contribution in [0.25, 0.3) is 0 Å². The van der Waals surface area contributed by atoms with Crippen molar-refractivity contribution in [1.29, 1.82) is 5.26 Å². The van der Waals surface area contributed by atoms with Crippen molar-refractivity contribution < 1.29 is 4.79 Å². The zero-order valence-electron chi connectivity index (χ0n) is 10.1. The number of carbonyl (C=O) groups excluding carboxylic acids is 1. The predicted octanol–water partition coefficient (Wildman–Crippen LogP) is 0.941. The first-order valence-corrected chi connectivity index (χ1v) is 6.29. The molecule has 0 bridgehead atoms. The Labute approximate surface area is 110 Å². The van der Waals surface area contributed by atoms with E-state index in [9.17, 15) is 4.79 Å². The first-order chi connectivity index (χ1) is 8.61. The lowest BCUT2D eigenvalue weighted by Crippen LogP contribution is -2.42. The van der Waals surface area contributed by atoms with Crippen LogP contribution in [0.3, 0.4) is 0 Å². The van der Waals surface area contributed by atoms with Gasteiger partial charge in [-0.05, 0) is 19.8 Å². The molecule has 1 aromatic heterocycles. The summed E-state index contributed by atoms with van der Waals surface area (Å²) in [5.41, 5.74) is 0. The molecule has 1 fully saturated rings. The Morgan fingerprint density at radius 3 is 2.78 bits per heavy atom. The molecule has 0 N–H and O–H groups in total. The molecule has 1 aliphatic rings. The number of carbonyl (C=O) groups is 1. The summed E-state index contributed by atoms with van der Waals surface area (Å²) in [7, 11) is 0. The number of hydrogen-bond acceptors (Lipinski definition) is 4. The fourth-order valence-electron chi connectivity index (χ4n) is 2.10. The van der Waals surface area contributed by atoms with Gasteiger partial charge >= 0.3 is 0 Å².